The van der Waals surface area contributed by atoms with Crippen molar-refractivity contribution in [2.24, 2.45) is 0 Å². The highest BCUT2D eigenvalue weighted by molar-refractivity contribution is 14.1. The van der Waals surface area contributed by atoms with Gasteiger partial charge in [-0.05, 0) is 48.1 Å². The molecule has 2 heterocycles. The van der Waals surface area contributed by atoms with Gasteiger partial charge >= 0.3 is 0 Å². The second kappa shape index (κ2) is 6.94. The number of rotatable bonds is 5. The lowest BCUT2D eigenvalue weighted by molar-refractivity contribution is 0.181. The van der Waals surface area contributed by atoms with E-state index in [1.165, 1.54) is 0 Å². The van der Waals surface area contributed by atoms with Gasteiger partial charge in [0.15, 0.2) is 5.82 Å². The molecule has 0 radical (unpaired) electrons. The maximum Gasteiger partial charge on any atom is 0.180 e. The number of ether oxygens (including phenoxy) is 1. The Morgan fingerprint density at radius 3 is 2.70 bits per heavy atom. The average Bonchev–Trinajstić information content (AvgIpc) is 2.44. The minimum absolute atomic E-state index is 0.456. The zero-order valence-corrected chi connectivity index (χ0v) is 13.9. The van der Waals surface area contributed by atoms with Crippen molar-refractivity contribution < 1.29 is 4.74 Å². The van der Waals surface area contributed by atoms with E-state index in [1.807, 2.05) is 32.2 Å². The molecule has 2 aromatic heterocycles. The van der Waals surface area contributed by atoms with Crippen LogP contribution >= 0.6 is 22.6 Å². The zero-order valence-electron chi connectivity index (χ0n) is 11.8. The van der Waals surface area contributed by atoms with Crippen LogP contribution < -0.4 is 5.32 Å². The fourth-order valence-electron chi connectivity index (χ4n) is 1.73. The van der Waals surface area contributed by atoms with E-state index in [0.717, 1.165) is 32.9 Å². The van der Waals surface area contributed by atoms with Crippen LogP contribution in [0, 0.1) is 10.5 Å². The van der Waals surface area contributed by atoms with Crippen LogP contribution in [0.1, 0.15) is 18.2 Å². The van der Waals surface area contributed by atoms with Gasteiger partial charge in [0.05, 0.1) is 15.9 Å². The maximum absolute atomic E-state index is 5.21. The summed E-state index contributed by atoms with van der Waals surface area (Å²) < 4.78 is 6.20. The minimum Gasteiger partial charge on any atom is -0.378 e. The largest absolute Gasteiger partial charge is 0.378 e. The molecule has 5 nitrogen and oxygen atoms in total. The van der Waals surface area contributed by atoms with E-state index in [2.05, 4.69) is 42.9 Å². The van der Waals surface area contributed by atoms with Crippen molar-refractivity contribution in [3.8, 4) is 11.5 Å². The molecule has 2 rings (SSSR count). The lowest BCUT2D eigenvalue weighted by Crippen LogP contribution is -2.09. The van der Waals surface area contributed by atoms with Crippen LogP contribution in [-0.4, -0.2) is 28.6 Å². The molecular weight excluding hydrogens is 367 g/mol. The van der Waals surface area contributed by atoms with Crippen LogP contribution in [0.25, 0.3) is 11.5 Å². The van der Waals surface area contributed by atoms with Crippen LogP contribution in [0.3, 0.4) is 0 Å². The van der Waals surface area contributed by atoms with Crippen molar-refractivity contribution in [2.75, 3.05) is 19.0 Å². The van der Waals surface area contributed by atoms with E-state index >= 15 is 0 Å². The maximum atomic E-state index is 5.21. The average molecular weight is 384 g/mol. The van der Waals surface area contributed by atoms with Gasteiger partial charge in [-0.25, -0.2) is 9.97 Å². The molecule has 0 aliphatic heterocycles. The van der Waals surface area contributed by atoms with Crippen molar-refractivity contribution in [2.45, 2.75) is 20.5 Å². The van der Waals surface area contributed by atoms with E-state index in [1.54, 1.807) is 7.11 Å². The fourth-order valence-corrected chi connectivity index (χ4v) is 2.31. The quantitative estimate of drug-likeness (QED) is 0.804. The molecule has 6 heteroatoms. The molecule has 0 aliphatic carbocycles. The summed E-state index contributed by atoms with van der Waals surface area (Å²) in [6.45, 7) is 5.31. The Balaban J connectivity index is 2.49. The van der Waals surface area contributed by atoms with Crippen LogP contribution in [-0.2, 0) is 11.3 Å². The Morgan fingerprint density at radius 1 is 1.30 bits per heavy atom. The summed E-state index contributed by atoms with van der Waals surface area (Å²) in [5.74, 6) is 1.45. The van der Waals surface area contributed by atoms with E-state index < -0.39 is 0 Å². The van der Waals surface area contributed by atoms with Crippen molar-refractivity contribution >= 4 is 28.4 Å². The summed E-state index contributed by atoms with van der Waals surface area (Å²) in [7, 11) is 1.66. The molecule has 0 spiro atoms. The normalized spacial score (nSPS) is 10.6. The third-order valence-corrected chi connectivity index (χ3v) is 3.82. The SMILES string of the molecule is CCNc1nc(-c2ccc(C)cn2)nc(COC)c1I. The summed E-state index contributed by atoms with van der Waals surface area (Å²) >= 11 is 2.24. The number of aryl methyl sites for hydroxylation is 1. The number of nitrogens with zero attached hydrogens (tertiary/aromatic N) is 3. The van der Waals surface area contributed by atoms with E-state index in [9.17, 15) is 0 Å². The van der Waals surface area contributed by atoms with Gasteiger partial charge in [0.25, 0.3) is 0 Å². The monoisotopic (exact) mass is 384 g/mol. The number of nitrogens with one attached hydrogen (secondary N) is 1. The Morgan fingerprint density at radius 2 is 2.10 bits per heavy atom. The van der Waals surface area contributed by atoms with Gasteiger partial charge in [-0.15, -0.1) is 0 Å². The molecular formula is C14H17IN4O. The highest BCUT2D eigenvalue weighted by Gasteiger charge is 2.13. The molecule has 0 fully saturated rings. The Hall–Kier alpha value is -1.28. The number of pyridine rings is 1. The molecule has 0 bridgehead atoms. The number of hydrogen-bond donors (Lipinski definition) is 1. The predicted molar refractivity (Wildman–Crippen MR) is 87.6 cm³/mol. The molecule has 0 unspecified atom stereocenters. The highest BCUT2D eigenvalue weighted by atomic mass is 127. The van der Waals surface area contributed by atoms with Crippen molar-refractivity contribution in [1.29, 1.82) is 0 Å². The lowest BCUT2D eigenvalue weighted by Gasteiger charge is -2.11. The van der Waals surface area contributed by atoms with Gasteiger partial charge in [-0.3, -0.25) is 4.98 Å². The molecule has 0 aromatic carbocycles. The van der Waals surface area contributed by atoms with Crippen molar-refractivity contribution in [3.05, 3.63) is 33.2 Å². The molecule has 20 heavy (non-hydrogen) atoms. The minimum atomic E-state index is 0.456. The van der Waals surface area contributed by atoms with Gasteiger partial charge < -0.3 is 10.1 Å². The number of aromatic nitrogens is 3. The van der Waals surface area contributed by atoms with Crippen molar-refractivity contribution in [1.82, 2.24) is 15.0 Å². The first-order valence-electron chi connectivity index (χ1n) is 6.38. The zero-order chi connectivity index (χ0) is 14.5. The highest BCUT2D eigenvalue weighted by Crippen LogP contribution is 2.23. The number of methoxy groups -OCH3 is 1. The van der Waals surface area contributed by atoms with Crippen LogP contribution in [0.15, 0.2) is 18.3 Å². The van der Waals surface area contributed by atoms with Gasteiger partial charge in [0.2, 0.25) is 0 Å². The first-order valence-corrected chi connectivity index (χ1v) is 7.45. The summed E-state index contributed by atoms with van der Waals surface area (Å²) in [5, 5.41) is 3.25. The predicted octanol–water partition coefficient (Wildman–Crippen LogP) is 3.03. The lowest BCUT2D eigenvalue weighted by atomic mass is 10.2. The van der Waals surface area contributed by atoms with Crippen LogP contribution in [0.2, 0.25) is 0 Å². The molecule has 0 atom stereocenters. The molecule has 106 valence electrons. The van der Waals surface area contributed by atoms with Gasteiger partial charge in [-0.1, -0.05) is 6.07 Å². The molecule has 0 amide bonds. The van der Waals surface area contributed by atoms with Crippen LogP contribution in [0.5, 0.6) is 0 Å². The topological polar surface area (TPSA) is 59.9 Å². The van der Waals surface area contributed by atoms with E-state index in [4.69, 9.17) is 4.74 Å². The molecule has 0 saturated heterocycles. The Bertz CT molecular complexity index is 559. The third-order valence-electron chi connectivity index (χ3n) is 2.69. The smallest absolute Gasteiger partial charge is 0.180 e. The summed E-state index contributed by atoms with van der Waals surface area (Å²) in [5.41, 5.74) is 2.75. The number of anilines is 1. The number of hydrogen-bond acceptors (Lipinski definition) is 5. The number of halogens is 1. The second-order valence-corrected chi connectivity index (χ2v) is 5.42. The van der Waals surface area contributed by atoms with Gasteiger partial charge in [0.1, 0.15) is 11.5 Å². The standard InChI is InChI=1S/C14H17IN4O/c1-4-16-14-12(15)11(8-20-3)18-13(19-14)10-6-5-9(2)7-17-10/h5-7H,4,8H2,1-3H3,(H,16,18,19). The first-order chi connectivity index (χ1) is 9.65. The first kappa shape index (κ1) is 15.1. The molecule has 0 saturated carbocycles. The summed E-state index contributed by atoms with van der Waals surface area (Å²) in [4.78, 5) is 13.5. The fraction of sp³-hybridized carbons (Fsp3) is 0.357. The van der Waals surface area contributed by atoms with E-state index in [-0.39, 0.29) is 0 Å². The van der Waals surface area contributed by atoms with E-state index in [0.29, 0.717) is 12.4 Å². The van der Waals surface area contributed by atoms with Gasteiger partial charge in [-0.2, -0.15) is 0 Å². The van der Waals surface area contributed by atoms with Crippen molar-refractivity contribution in [3.63, 3.8) is 0 Å². The molecule has 1 N–H and O–H groups in total. The van der Waals surface area contributed by atoms with Crippen LogP contribution in [0.4, 0.5) is 5.82 Å². The van der Waals surface area contributed by atoms with Gasteiger partial charge in [0, 0.05) is 19.9 Å². The Kier molecular flexibility index (Phi) is 5.24. The molecule has 0 aliphatic rings. The molecule has 2 aromatic rings. The summed E-state index contributed by atoms with van der Waals surface area (Å²) in [6.07, 6.45) is 1.82. The Labute approximate surface area is 132 Å². The third kappa shape index (κ3) is 3.43. The summed E-state index contributed by atoms with van der Waals surface area (Å²) in [6, 6.07) is 3.94. The second-order valence-electron chi connectivity index (χ2n) is 4.34.